The van der Waals surface area contributed by atoms with Gasteiger partial charge in [0.1, 0.15) is 5.75 Å². The lowest BCUT2D eigenvalue weighted by atomic mass is 10.00. The Morgan fingerprint density at radius 2 is 1.29 bits per heavy atom. The van der Waals surface area contributed by atoms with Gasteiger partial charge in [0.25, 0.3) is 0 Å². The van der Waals surface area contributed by atoms with Crippen LogP contribution in [-0.4, -0.2) is 5.97 Å². The van der Waals surface area contributed by atoms with Gasteiger partial charge >= 0.3 is 5.97 Å². The van der Waals surface area contributed by atoms with Crippen molar-refractivity contribution in [2.24, 2.45) is 0 Å². The van der Waals surface area contributed by atoms with Gasteiger partial charge in [-0.15, -0.1) is 0 Å². The Bertz CT molecular complexity index is 1230. The first-order valence-corrected chi connectivity index (χ1v) is 12.8. The van der Waals surface area contributed by atoms with E-state index in [4.69, 9.17) is 16.3 Å². The number of unbranched alkanes of at least 4 members (excludes halogenated alkanes) is 4. The molecule has 0 saturated carbocycles. The van der Waals surface area contributed by atoms with Crippen LogP contribution in [0.2, 0.25) is 5.02 Å². The van der Waals surface area contributed by atoms with Crippen LogP contribution in [-0.2, 0) is 6.42 Å². The Kier molecular flexibility index (Phi) is 8.75. The summed E-state index contributed by atoms with van der Waals surface area (Å²) < 4.78 is 5.57. The summed E-state index contributed by atoms with van der Waals surface area (Å²) >= 11 is 6.41. The number of carbonyl (C=O) groups excluding carboxylic acids is 1. The molecule has 35 heavy (non-hydrogen) atoms. The average molecular weight is 483 g/mol. The van der Waals surface area contributed by atoms with Crippen LogP contribution >= 0.6 is 11.6 Å². The minimum absolute atomic E-state index is 0.353. The first kappa shape index (κ1) is 24.8. The topological polar surface area (TPSA) is 26.3 Å². The molecule has 0 aliphatic rings. The first-order valence-electron chi connectivity index (χ1n) is 12.4. The van der Waals surface area contributed by atoms with Crippen LogP contribution in [0.25, 0.3) is 22.3 Å². The van der Waals surface area contributed by atoms with Gasteiger partial charge in [-0.1, -0.05) is 117 Å². The first-order chi connectivity index (χ1) is 17.1. The number of aryl methyl sites for hydroxylation is 1. The predicted octanol–water partition coefficient (Wildman–Crippen LogP) is 9.41. The fourth-order valence-electron chi connectivity index (χ4n) is 4.15. The number of hydrogen-bond acceptors (Lipinski definition) is 2. The smallest absolute Gasteiger partial charge is 0.343 e. The maximum Gasteiger partial charge on any atom is 0.343 e. The molecular formula is C32H31ClO2. The maximum absolute atomic E-state index is 12.7. The Morgan fingerprint density at radius 1 is 0.686 bits per heavy atom. The van der Waals surface area contributed by atoms with E-state index in [1.807, 2.05) is 54.6 Å². The van der Waals surface area contributed by atoms with Crippen LogP contribution in [0.4, 0.5) is 0 Å². The molecule has 2 nitrogen and oxygen atoms in total. The second-order valence-corrected chi connectivity index (χ2v) is 9.25. The number of ether oxygens (including phenoxy) is 1. The molecule has 0 fully saturated rings. The van der Waals surface area contributed by atoms with Crippen LogP contribution in [0.1, 0.15) is 54.9 Å². The highest BCUT2D eigenvalue weighted by molar-refractivity contribution is 6.32. The zero-order valence-corrected chi connectivity index (χ0v) is 20.9. The molecule has 0 unspecified atom stereocenters. The summed E-state index contributed by atoms with van der Waals surface area (Å²) in [6, 6.07) is 31.6. The quantitative estimate of drug-likeness (QED) is 0.128. The molecule has 0 heterocycles. The fourth-order valence-corrected chi connectivity index (χ4v) is 4.37. The van der Waals surface area contributed by atoms with E-state index in [-0.39, 0.29) is 0 Å². The molecule has 0 saturated heterocycles. The number of hydrogen-bond donors (Lipinski definition) is 0. The maximum atomic E-state index is 12.7. The number of halogens is 1. The number of rotatable bonds is 10. The van der Waals surface area contributed by atoms with Gasteiger partial charge in [-0.3, -0.25) is 0 Å². The molecule has 0 aliphatic carbocycles. The van der Waals surface area contributed by atoms with Crippen LogP contribution in [0.15, 0.2) is 97.1 Å². The Labute approximate surface area is 213 Å². The molecule has 0 bridgehead atoms. The van der Waals surface area contributed by atoms with Crippen molar-refractivity contribution in [2.75, 3.05) is 0 Å². The summed E-state index contributed by atoms with van der Waals surface area (Å²) in [5.41, 5.74) is 6.10. The van der Waals surface area contributed by atoms with Crippen molar-refractivity contribution in [1.82, 2.24) is 0 Å². The number of esters is 1. The van der Waals surface area contributed by atoms with E-state index in [9.17, 15) is 4.79 Å². The Morgan fingerprint density at radius 3 is 1.94 bits per heavy atom. The predicted molar refractivity (Wildman–Crippen MR) is 146 cm³/mol. The van der Waals surface area contributed by atoms with Crippen molar-refractivity contribution in [3.05, 3.63) is 113 Å². The van der Waals surface area contributed by atoms with Crippen LogP contribution < -0.4 is 4.74 Å². The molecule has 0 spiro atoms. The summed E-state index contributed by atoms with van der Waals surface area (Å²) in [6.07, 6.45) is 7.61. The lowest BCUT2D eigenvalue weighted by Gasteiger charge is -2.09. The zero-order valence-electron chi connectivity index (χ0n) is 20.2. The number of carbonyl (C=O) groups is 1. The Hall–Kier alpha value is -3.36. The molecule has 0 aliphatic heterocycles. The van der Waals surface area contributed by atoms with Crippen molar-refractivity contribution in [3.63, 3.8) is 0 Å². The van der Waals surface area contributed by atoms with Gasteiger partial charge in [0, 0.05) is 0 Å². The van der Waals surface area contributed by atoms with Crippen molar-refractivity contribution >= 4 is 17.6 Å². The molecule has 4 aromatic rings. The summed E-state index contributed by atoms with van der Waals surface area (Å²) in [5.74, 6) is -0.0740. The van der Waals surface area contributed by atoms with Gasteiger partial charge < -0.3 is 4.74 Å². The van der Waals surface area contributed by atoms with E-state index in [1.54, 1.807) is 18.2 Å². The van der Waals surface area contributed by atoms with Gasteiger partial charge in [-0.05, 0) is 64.9 Å². The SMILES string of the molecule is CCCCCCCc1ccc(-c2ccc(C(=O)Oc3ccc(-c4ccccc4)cc3Cl)cc2)cc1. The highest BCUT2D eigenvalue weighted by Crippen LogP contribution is 2.31. The van der Waals surface area contributed by atoms with Crippen LogP contribution in [0.5, 0.6) is 5.75 Å². The monoisotopic (exact) mass is 482 g/mol. The molecule has 4 aromatic carbocycles. The molecular weight excluding hydrogens is 452 g/mol. The Balaban J connectivity index is 1.36. The van der Waals surface area contributed by atoms with Gasteiger partial charge in [0.15, 0.2) is 0 Å². The third-order valence-electron chi connectivity index (χ3n) is 6.22. The standard InChI is InChI=1S/C32H31ClO2/c1-2-3-4-5-7-10-24-13-15-26(16-14-24)27-17-19-28(20-18-27)32(34)35-31-22-21-29(23-30(31)33)25-11-8-6-9-12-25/h6,8-9,11-23H,2-5,7,10H2,1H3. The van der Waals surface area contributed by atoms with Gasteiger partial charge in [-0.25, -0.2) is 4.79 Å². The third kappa shape index (κ3) is 6.83. The van der Waals surface area contributed by atoms with Gasteiger partial charge in [0.2, 0.25) is 0 Å². The molecule has 0 aromatic heterocycles. The highest BCUT2D eigenvalue weighted by atomic mass is 35.5. The molecule has 4 rings (SSSR count). The number of benzene rings is 4. The minimum Gasteiger partial charge on any atom is -0.421 e. The molecule has 3 heteroatoms. The summed E-state index contributed by atoms with van der Waals surface area (Å²) in [6.45, 7) is 2.24. The normalized spacial score (nSPS) is 10.8. The average Bonchev–Trinajstić information content (AvgIpc) is 2.90. The van der Waals surface area contributed by atoms with E-state index < -0.39 is 5.97 Å². The van der Waals surface area contributed by atoms with E-state index in [0.29, 0.717) is 16.3 Å². The summed E-state index contributed by atoms with van der Waals surface area (Å²) in [5, 5.41) is 0.404. The van der Waals surface area contributed by atoms with Gasteiger partial charge in [-0.2, -0.15) is 0 Å². The second kappa shape index (κ2) is 12.4. The van der Waals surface area contributed by atoms with E-state index in [0.717, 1.165) is 28.7 Å². The second-order valence-electron chi connectivity index (χ2n) is 8.84. The molecule has 0 amide bonds. The van der Waals surface area contributed by atoms with Crippen molar-refractivity contribution < 1.29 is 9.53 Å². The van der Waals surface area contributed by atoms with Crippen LogP contribution in [0.3, 0.4) is 0 Å². The van der Waals surface area contributed by atoms with Crippen molar-refractivity contribution in [1.29, 1.82) is 0 Å². The molecule has 0 atom stereocenters. The van der Waals surface area contributed by atoms with Crippen LogP contribution in [0, 0.1) is 0 Å². The molecule has 0 N–H and O–H groups in total. The lowest BCUT2D eigenvalue weighted by Crippen LogP contribution is -2.08. The largest absolute Gasteiger partial charge is 0.421 e. The van der Waals surface area contributed by atoms with Crippen molar-refractivity contribution in [3.8, 4) is 28.0 Å². The molecule has 0 radical (unpaired) electrons. The molecule has 178 valence electrons. The fraction of sp³-hybridized carbons (Fsp3) is 0.219. The van der Waals surface area contributed by atoms with E-state index in [1.165, 1.54) is 37.7 Å². The summed E-state index contributed by atoms with van der Waals surface area (Å²) in [4.78, 5) is 12.7. The zero-order chi connectivity index (χ0) is 24.5. The van der Waals surface area contributed by atoms with E-state index >= 15 is 0 Å². The van der Waals surface area contributed by atoms with E-state index in [2.05, 4.69) is 31.2 Å². The van der Waals surface area contributed by atoms with Gasteiger partial charge in [0.05, 0.1) is 10.6 Å². The lowest BCUT2D eigenvalue weighted by molar-refractivity contribution is 0.0735. The minimum atomic E-state index is -0.427. The van der Waals surface area contributed by atoms with Crippen molar-refractivity contribution in [2.45, 2.75) is 45.4 Å². The highest BCUT2D eigenvalue weighted by Gasteiger charge is 2.12. The third-order valence-corrected chi connectivity index (χ3v) is 6.51. The summed E-state index contributed by atoms with van der Waals surface area (Å²) in [7, 11) is 0.